The molecular weight excluding hydrogens is 200 g/mol. The molecule has 0 aliphatic heterocycles. The van der Waals surface area contributed by atoms with Crippen LogP contribution >= 0.6 is 0 Å². The molecule has 0 N–H and O–H groups in total. The predicted octanol–water partition coefficient (Wildman–Crippen LogP) is 3.05. The number of nitrogens with zero attached hydrogens (tertiary/aromatic N) is 2. The predicted molar refractivity (Wildman–Crippen MR) is 60.2 cm³/mol. The van der Waals surface area contributed by atoms with E-state index in [1.54, 1.807) is 12.1 Å². The molecule has 16 heavy (non-hydrogen) atoms. The molecule has 1 heterocycles. The van der Waals surface area contributed by atoms with Crippen LogP contribution in [0, 0.1) is 18.3 Å². The van der Waals surface area contributed by atoms with Crippen molar-refractivity contribution in [2.45, 2.75) is 6.92 Å². The van der Waals surface area contributed by atoms with Gasteiger partial charge in [0.2, 0.25) is 5.88 Å². The molecule has 2 rings (SSSR count). The molecule has 0 atom stereocenters. The smallest absolute Gasteiger partial charge is 0.219 e. The van der Waals surface area contributed by atoms with Gasteiger partial charge in [-0.3, -0.25) is 0 Å². The van der Waals surface area contributed by atoms with Gasteiger partial charge in [0.25, 0.3) is 0 Å². The molecule has 2 aromatic rings. The number of rotatable bonds is 2. The average molecular weight is 210 g/mol. The van der Waals surface area contributed by atoms with Crippen molar-refractivity contribution in [3.63, 3.8) is 0 Å². The van der Waals surface area contributed by atoms with Crippen molar-refractivity contribution in [2.24, 2.45) is 0 Å². The maximum absolute atomic E-state index is 8.62. The Bertz CT molecular complexity index is 526. The zero-order valence-corrected chi connectivity index (χ0v) is 8.84. The second kappa shape index (κ2) is 4.45. The summed E-state index contributed by atoms with van der Waals surface area (Å²) in [5.74, 6) is 1.24. The van der Waals surface area contributed by atoms with Gasteiger partial charge in [0.05, 0.1) is 5.56 Å². The van der Waals surface area contributed by atoms with Gasteiger partial charge in [-0.1, -0.05) is 12.1 Å². The molecule has 0 unspecified atom stereocenters. The highest BCUT2D eigenvalue weighted by Gasteiger charge is 1.98. The lowest BCUT2D eigenvalue weighted by Crippen LogP contribution is -1.88. The van der Waals surface area contributed by atoms with Crippen molar-refractivity contribution >= 4 is 0 Å². The fourth-order valence-corrected chi connectivity index (χ4v) is 1.31. The number of hydrogen-bond acceptors (Lipinski definition) is 3. The second-order valence-electron chi connectivity index (χ2n) is 3.42. The van der Waals surface area contributed by atoms with E-state index in [0.29, 0.717) is 11.4 Å². The van der Waals surface area contributed by atoms with E-state index in [9.17, 15) is 0 Å². The Morgan fingerprint density at radius 3 is 2.75 bits per heavy atom. The topological polar surface area (TPSA) is 45.9 Å². The molecule has 0 spiro atoms. The summed E-state index contributed by atoms with van der Waals surface area (Å²) in [6.07, 6.45) is 1.49. The van der Waals surface area contributed by atoms with Crippen LogP contribution in [0.3, 0.4) is 0 Å². The van der Waals surface area contributed by atoms with E-state index in [1.165, 1.54) is 6.20 Å². The van der Waals surface area contributed by atoms with E-state index >= 15 is 0 Å². The summed E-state index contributed by atoms with van der Waals surface area (Å²) in [6, 6.07) is 13.1. The highest BCUT2D eigenvalue weighted by molar-refractivity contribution is 5.33. The number of benzene rings is 1. The van der Waals surface area contributed by atoms with Crippen molar-refractivity contribution in [1.82, 2.24) is 4.98 Å². The first-order valence-corrected chi connectivity index (χ1v) is 4.88. The third-order valence-corrected chi connectivity index (χ3v) is 2.08. The van der Waals surface area contributed by atoms with E-state index < -0.39 is 0 Å². The lowest BCUT2D eigenvalue weighted by molar-refractivity contribution is 0.462. The number of pyridine rings is 1. The lowest BCUT2D eigenvalue weighted by atomic mass is 10.2. The van der Waals surface area contributed by atoms with E-state index in [-0.39, 0.29) is 0 Å². The number of ether oxygens (including phenoxy) is 1. The van der Waals surface area contributed by atoms with Crippen LogP contribution in [0.25, 0.3) is 0 Å². The summed E-state index contributed by atoms with van der Waals surface area (Å²) in [6.45, 7) is 2.00. The molecule has 0 aliphatic carbocycles. The van der Waals surface area contributed by atoms with E-state index in [1.807, 2.05) is 37.3 Å². The summed E-state index contributed by atoms with van der Waals surface area (Å²) in [4.78, 5) is 4.03. The van der Waals surface area contributed by atoms with Gasteiger partial charge >= 0.3 is 0 Å². The Balaban J connectivity index is 2.18. The standard InChI is InChI=1S/C13H10N2O/c1-10-3-2-4-12(7-10)16-13-6-5-11(8-14)9-15-13/h2-7,9H,1H3. The van der Waals surface area contributed by atoms with Gasteiger partial charge in [-0.25, -0.2) is 4.98 Å². The number of aromatic nitrogens is 1. The fourth-order valence-electron chi connectivity index (χ4n) is 1.31. The summed E-state index contributed by atoms with van der Waals surface area (Å²) >= 11 is 0. The molecule has 0 amide bonds. The quantitative estimate of drug-likeness (QED) is 0.765. The van der Waals surface area contributed by atoms with Crippen LogP contribution < -0.4 is 4.74 Å². The Kier molecular flexibility index (Phi) is 2.84. The second-order valence-corrected chi connectivity index (χ2v) is 3.42. The number of hydrogen-bond donors (Lipinski definition) is 0. The third kappa shape index (κ3) is 2.37. The molecule has 0 aliphatic rings. The molecule has 3 heteroatoms. The molecule has 1 aromatic carbocycles. The first kappa shape index (κ1) is 10.2. The van der Waals surface area contributed by atoms with Crippen molar-refractivity contribution < 1.29 is 4.74 Å². The minimum atomic E-state index is 0.490. The molecule has 0 bridgehead atoms. The molecule has 78 valence electrons. The van der Waals surface area contributed by atoms with E-state index in [4.69, 9.17) is 10.00 Å². The molecule has 1 aromatic heterocycles. The molecule has 0 fully saturated rings. The zero-order valence-electron chi connectivity index (χ0n) is 8.84. The normalized spacial score (nSPS) is 9.50. The van der Waals surface area contributed by atoms with Crippen LogP contribution in [-0.2, 0) is 0 Å². The van der Waals surface area contributed by atoms with Crippen molar-refractivity contribution in [3.05, 3.63) is 53.7 Å². The van der Waals surface area contributed by atoms with Crippen molar-refractivity contribution in [1.29, 1.82) is 5.26 Å². The van der Waals surface area contributed by atoms with Gasteiger partial charge in [0, 0.05) is 12.3 Å². The van der Waals surface area contributed by atoms with Crippen LogP contribution in [0.15, 0.2) is 42.6 Å². The molecule has 0 radical (unpaired) electrons. The lowest BCUT2D eigenvalue weighted by Gasteiger charge is -2.04. The van der Waals surface area contributed by atoms with Crippen molar-refractivity contribution in [2.75, 3.05) is 0 Å². The zero-order chi connectivity index (χ0) is 11.4. The van der Waals surface area contributed by atoms with Crippen molar-refractivity contribution in [3.8, 4) is 17.7 Å². The largest absolute Gasteiger partial charge is 0.439 e. The van der Waals surface area contributed by atoms with Crippen LogP contribution in [-0.4, -0.2) is 4.98 Å². The highest BCUT2D eigenvalue weighted by Crippen LogP contribution is 2.19. The Labute approximate surface area is 93.9 Å². The third-order valence-electron chi connectivity index (χ3n) is 2.08. The Morgan fingerprint density at radius 2 is 2.12 bits per heavy atom. The van der Waals surface area contributed by atoms with Gasteiger partial charge in [0.1, 0.15) is 11.8 Å². The maximum Gasteiger partial charge on any atom is 0.219 e. The molecule has 0 saturated heterocycles. The average Bonchev–Trinajstić information content (AvgIpc) is 2.30. The van der Waals surface area contributed by atoms with Crippen LogP contribution in [0.5, 0.6) is 11.6 Å². The van der Waals surface area contributed by atoms with Gasteiger partial charge in [-0.2, -0.15) is 5.26 Å². The minimum absolute atomic E-state index is 0.490. The van der Waals surface area contributed by atoms with E-state index in [2.05, 4.69) is 4.98 Å². The molecule has 0 saturated carbocycles. The minimum Gasteiger partial charge on any atom is -0.439 e. The fraction of sp³-hybridized carbons (Fsp3) is 0.0769. The molecular formula is C13H10N2O. The molecule has 3 nitrogen and oxygen atoms in total. The number of aryl methyl sites for hydroxylation is 1. The Hall–Kier alpha value is -2.34. The van der Waals surface area contributed by atoms with Gasteiger partial charge < -0.3 is 4.74 Å². The highest BCUT2D eigenvalue weighted by atomic mass is 16.5. The Morgan fingerprint density at radius 1 is 1.25 bits per heavy atom. The van der Waals surface area contributed by atoms with E-state index in [0.717, 1.165) is 11.3 Å². The first-order valence-electron chi connectivity index (χ1n) is 4.88. The maximum atomic E-state index is 8.62. The van der Waals surface area contributed by atoms with Gasteiger partial charge in [-0.05, 0) is 30.7 Å². The summed E-state index contributed by atoms with van der Waals surface area (Å²) in [7, 11) is 0. The first-order chi connectivity index (χ1) is 7.78. The van der Waals surface area contributed by atoms with Crippen LogP contribution in [0.1, 0.15) is 11.1 Å². The SMILES string of the molecule is Cc1cccc(Oc2ccc(C#N)cn2)c1. The monoisotopic (exact) mass is 210 g/mol. The summed E-state index contributed by atoms with van der Waals surface area (Å²) < 4.78 is 5.54. The number of nitriles is 1. The van der Waals surface area contributed by atoms with Gasteiger partial charge in [0.15, 0.2) is 0 Å². The van der Waals surface area contributed by atoms with Crippen LogP contribution in [0.4, 0.5) is 0 Å². The summed E-state index contributed by atoms with van der Waals surface area (Å²) in [5, 5.41) is 8.62. The summed E-state index contributed by atoms with van der Waals surface area (Å²) in [5.41, 5.74) is 1.66. The van der Waals surface area contributed by atoms with Crippen LogP contribution in [0.2, 0.25) is 0 Å². The van der Waals surface area contributed by atoms with Gasteiger partial charge in [-0.15, -0.1) is 0 Å².